The third-order valence-corrected chi connectivity index (χ3v) is 3.74. The quantitative estimate of drug-likeness (QED) is 0.575. The molecular weight excluding hydrogens is 241 g/mol. The molecule has 0 amide bonds. The molecule has 0 aliphatic carbocycles. The molecule has 0 bridgehead atoms. The lowest BCUT2D eigenvalue weighted by Gasteiger charge is -2.13. The Bertz CT molecular complexity index is 466. The first-order valence-electron chi connectivity index (χ1n) is 4.91. The minimum atomic E-state index is -3.83. The van der Waals surface area contributed by atoms with Gasteiger partial charge in [0.2, 0.25) is 0 Å². The molecule has 1 aromatic rings. The zero-order chi connectivity index (χ0) is 12.7. The van der Waals surface area contributed by atoms with Crippen LogP contribution in [0.15, 0.2) is 30.3 Å². The normalized spacial score (nSPS) is 13.6. The summed E-state index contributed by atoms with van der Waals surface area (Å²) in [5.41, 5.74) is -0.437. The van der Waals surface area contributed by atoms with E-state index < -0.39 is 13.1 Å². The molecule has 1 atom stereocenters. The van der Waals surface area contributed by atoms with E-state index in [0.717, 1.165) is 7.11 Å². The summed E-state index contributed by atoms with van der Waals surface area (Å²) in [6, 6.07) is 9.94. The van der Waals surface area contributed by atoms with Gasteiger partial charge in [-0.15, -0.1) is 0 Å². The maximum Gasteiger partial charge on any atom is 0.401 e. The molecule has 1 unspecified atom stereocenters. The van der Waals surface area contributed by atoms with Crippen LogP contribution in [-0.2, 0) is 13.6 Å². The van der Waals surface area contributed by atoms with Crippen LogP contribution in [0, 0.1) is 11.3 Å². The number of rotatable bonds is 6. The Kier molecular flexibility index (Phi) is 5.05. The smallest absolute Gasteiger partial charge is 0.306 e. The molecule has 0 spiro atoms. The molecule has 0 heterocycles. The summed E-state index contributed by atoms with van der Waals surface area (Å²) in [4.78, 5) is 11.9. The molecule has 0 radical (unpaired) electrons. The van der Waals surface area contributed by atoms with Crippen molar-refractivity contribution in [3.63, 3.8) is 0 Å². The number of nitrogens with zero attached hydrogens (tertiary/aromatic N) is 1. The lowest BCUT2D eigenvalue weighted by molar-refractivity contribution is 0.101. The third kappa shape index (κ3) is 3.50. The fraction of sp³-hybridized carbons (Fsp3) is 0.273. The van der Waals surface area contributed by atoms with Crippen molar-refractivity contribution < 1.29 is 18.4 Å². The van der Waals surface area contributed by atoms with E-state index in [2.05, 4.69) is 4.52 Å². The average Bonchev–Trinajstić information content (AvgIpc) is 2.39. The summed E-state index contributed by atoms with van der Waals surface area (Å²) >= 11 is 0. The van der Waals surface area contributed by atoms with Gasteiger partial charge in [-0.2, -0.15) is 5.26 Å². The maximum atomic E-state index is 12.1. The van der Waals surface area contributed by atoms with Crippen LogP contribution in [0.1, 0.15) is 16.8 Å². The predicted molar refractivity (Wildman–Crippen MR) is 61.6 cm³/mol. The topological polar surface area (TPSA) is 76.4 Å². The molecular formula is C11H12NO4P. The highest BCUT2D eigenvalue weighted by molar-refractivity contribution is 7.72. The first-order valence-corrected chi connectivity index (χ1v) is 6.45. The second-order valence-corrected chi connectivity index (χ2v) is 5.12. The van der Waals surface area contributed by atoms with Crippen molar-refractivity contribution in [1.29, 1.82) is 5.26 Å². The lowest BCUT2D eigenvalue weighted by atomic mass is 10.2. The molecule has 6 heteroatoms. The van der Waals surface area contributed by atoms with Crippen molar-refractivity contribution in [2.75, 3.05) is 13.7 Å². The highest BCUT2D eigenvalue weighted by Crippen LogP contribution is 2.50. The van der Waals surface area contributed by atoms with Crippen LogP contribution < -0.4 is 0 Å². The first kappa shape index (κ1) is 13.6. The van der Waals surface area contributed by atoms with Gasteiger partial charge in [0.25, 0.3) is 5.52 Å². The molecule has 17 heavy (non-hydrogen) atoms. The van der Waals surface area contributed by atoms with E-state index >= 15 is 0 Å². The fourth-order valence-electron chi connectivity index (χ4n) is 1.14. The van der Waals surface area contributed by atoms with Gasteiger partial charge in [0.15, 0.2) is 0 Å². The van der Waals surface area contributed by atoms with Gasteiger partial charge in [0.1, 0.15) is 0 Å². The van der Waals surface area contributed by atoms with Crippen LogP contribution in [0.4, 0.5) is 0 Å². The SMILES string of the molecule is COP(=O)(OCCC#N)C(=O)c1ccccc1. The van der Waals surface area contributed by atoms with Crippen LogP contribution in [0.25, 0.3) is 0 Å². The Hall–Kier alpha value is -1.47. The van der Waals surface area contributed by atoms with Crippen LogP contribution in [0.3, 0.4) is 0 Å². The van der Waals surface area contributed by atoms with Crippen LogP contribution >= 0.6 is 7.60 Å². The molecule has 90 valence electrons. The molecule has 1 aromatic carbocycles. The van der Waals surface area contributed by atoms with Crippen LogP contribution in [0.2, 0.25) is 0 Å². The summed E-state index contributed by atoms with van der Waals surface area (Å²) in [5.74, 6) is 0. The Morgan fingerprint density at radius 1 is 1.41 bits per heavy atom. The van der Waals surface area contributed by atoms with Crippen molar-refractivity contribution in [3.8, 4) is 6.07 Å². The minimum absolute atomic E-state index is 0.0510. The molecule has 0 saturated heterocycles. The molecule has 0 aromatic heterocycles. The zero-order valence-electron chi connectivity index (χ0n) is 9.33. The van der Waals surface area contributed by atoms with E-state index in [1.807, 2.05) is 6.07 Å². The molecule has 0 fully saturated rings. The van der Waals surface area contributed by atoms with Crippen molar-refractivity contribution in [2.24, 2.45) is 0 Å². The summed E-state index contributed by atoms with van der Waals surface area (Å²) in [7, 11) is -2.69. The van der Waals surface area contributed by atoms with Gasteiger partial charge in [0.05, 0.1) is 19.1 Å². The van der Waals surface area contributed by atoms with Gasteiger partial charge in [-0.3, -0.25) is 9.36 Å². The van der Waals surface area contributed by atoms with E-state index in [1.54, 1.807) is 18.2 Å². The molecule has 0 N–H and O–H groups in total. The van der Waals surface area contributed by atoms with Crippen LogP contribution in [0.5, 0.6) is 0 Å². The van der Waals surface area contributed by atoms with E-state index in [9.17, 15) is 9.36 Å². The van der Waals surface area contributed by atoms with Gasteiger partial charge in [-0.1, -0.05) is 30.3 Å². The monoisotopic (exact) mass is 253 g/mol. The van der Waals surface area contributed by atoms with E-state index in [4.69, 9.17) is 9.79 Å². The van der Waals surface area contributed by atoms with Gasteiger partial charge in [0, 0.05) is 12.7 Å². The Labute approximate surface area is 99.5 Å². The molecule has 5 nitrogen and oxygen atoms in total. The molecule has 0 saturated carbocycles. The number of nitriles is 1. The Morgan fingerprint density at radius 2 is 2.06 bits per heavy atom. The molecule has 0 aliphatic heterocycles. The standard InChI is InChI=1S/C11H12NO4P/c1-15-17(14,16-9-5-8-12)11(13)10-6-3-2-4-7-10/h2-4,6-7H,5,9H2,1H3. The number of hydrogen-bond donors (Lipinski definition) is 0. The minimum Gasteiger partial charge on any atom is -0.306 e. The van der Waals surface area contributed by atoms with Crippen molar-refractivity contribution in [2.45, 2.75) is 6.42 Å². The first-order chi connectivity index (χ1) is 8.14. The van der Waals surface area contributed by atoms with E-state index in [0.29, 0.717) is 0 Å². The molecule has 0 aliphatic rings. The van der Waals surface area contributed by atoms with Gasteiger partial charge < -0.3 is 9.05 Å². The number of benzene rings is 1. The van der Waals surface area contributed by atoms with E-state index in [-0.39, 0.29) is 18.6 Å². The van der Waals surface area contributed by atoms with Crippen molar-refractivity contribution >= 4 is 13.1 Å². The van der Waals surface area contributed by atoms with Crippen LogP contribution in [-0.4, -0.2) is 19.2 Å². The third-order valence-electron chi connectivity index (χ3n) is 1.98. The lowest BCUT2D eigenvalue weighted by Crippen LogP contribution is -2.06. The van der Waals surface area contributed by atoms with Gasteiger partial charge in [-0.05, 0) is 0 Å². The fourth-order valence-corrected chi connectivity index (χ4v) is 2.33. The number of hydrogen-bond acceptors (Lipinski definition) is 5. The van der Waals surface area contributed by atoms with Gasteiger partial charge in [-0.25, -0.2) is 0 Å². The second kappa shape index (κ2) is 6.31. The summed E-state index contributed by atoms with van der Waals surface area (Å²) in [6.45, 7) is -0.0970. The largest absolute Gasteiger partial charge is 0.401 e. The molecule has 1 rings (SSSR count). The Morgan fingerprint density at radius 3 is 2.59 bits per heavy atom. The van der Waals surface area contributed by atoms with Crippen molar-refractivity contribution in [1.82, 2.24) is 0 Å². The highest BCUT2D eigenvalue weighted by Gasteiger charge is 2.34. The number of carbonyl (C=O) groups excluding carboxylic acids is 1. The maximum absolute atomic E-state index is 12.1. The van der Waals surface area contributed by atoms with Gasteiger partial charge >= 0.3 is 7.60 Å². The predicted octanol–water partition coefficient (Wildman–Crippen LogP) is 2.60. The second-order valence-electron chi connectivity index (χ2n) is 3.09. The average molecular weight is 253 g/mol. The summed E-state index contributed by atoms with van der Waals surface area (Å²) < 4.78 is 21.6. The van der Waals surface area contributed by atoms with Crippen molar-refractivity contribution in [3.05, 3.63) is 35.9 Å². The summed E-state index contributed by atoms with van der Waals surface area (Å²) in [5, 5.41) is 8.35. The number of carbonyl (C=O) groups is 1. The Balaban J connectivity index is 2.84. The summed E-state index contributed by atoms with van der Waals surface area (Å²) in [6.07, 6.45) is 0.0510. The zero-order valence-corrected chi connectivity index (χ0v) is 10.2. The highest BCUT2D eigenvalue weighted by atomic mass is 31.2. The van der Waals surface area contributed by atoms with E-state index in [1.165, 1.54) is 12.1 Å².